The first-order chi connectivity index (χ1) is 11.1. The Bertz CT molecular complexity index is 732. The predicted octanol–water partition coefficient (Wildman–Crippen LogP) is 4.10. The summed E-state index contributed by atoms with van der Waals surface area (Å²) >= 11 is 6.20. The van der Waals surface area contributed by atoms with Crippen LogP contribution in [0.15, 0.2) is 42.5 Å². The molecule has 0 radical (unpaired) electrons. The molecule has 0 bridgehead atoms. The summed E-state index contributed by atoms with van der Waals surface area (Å²) in [5, 5.41) is 3.65. The van der Waals surface area contributed by atoms with Crippen LogP contribution >= 0.6 is 11.6 Å². The van der Waals surface area contributed by atoms with Crippen LogP contribution in [-0.2, 0) is 4.79 Å². The van der Waals surface area contributed by atoms with E-state index in [9.17, 15) is 4.79 Å². The Morgan fingerprint density at radius 2 is 1.96 bits per heavy atom. The Labute approximate surface area is 140 Å². The van der Waals surface area contributed by atoms with Crippen molar-refractivity contribution in [1.29, 1.82) is 0 Å². The lowest BCUT2D eigenvalue weighted by Crippen LogP contribution is -2.15. The lowest BCUT2D eigenvalue weighted by atomic mass is 10.1. The van der Waals surface area contributed by atoms with Gasteiger partial charge in [0.1, 0.15) is 11.5 Å². The van der Waals surface area contributed by atoms with E-state index in [1.165, 1.54) is 0 Å². The molecule has 120 valence electrons. The first-order valence-corrected chi connectivity index (χ1v) is 7.79. The van der Waals surface area contributed by atoms with Gasteiger partial charge in [-0.3, -0.25) is 4.79 Å². The maximum Gasteiger partial charge on any atom is 0.228 e. The van der Waals surface area contributed by atoms with Gasteiger partial charge in [-0.05, 0) is 36.1 Å². The molecule has 4 nitrogen and oxygen atoms in total. The van der Waals surface area contributed by atoms with Gasteiger partial charge in [0.25, 0.3) is 0 Å². The summed E-state index contributed by atoms with van der Waals surface area (Å²) in [5.41, 5.74) is 1.68. The number of hydrogen-bond acceptors (Lipinski definition) is 3. The van der Waals surface area contributed by atoms with Gasteiger partial charge in [0, 0.05) is 17.0 Å². The Hall–Kier alpha value is -2.20. The van der Waals surface area contributed by atoms with E-state index in [0.717, 1.165) is 17.0 Å². The van der Waals surface area contributed by atoms with Crippen molar-refractivity contribution in [2.75, 3.05) is 19.5 Å². The summed E-state index contributed by atoms with van der Waals surface area (Å²) in [4.78, 5) is 12.5. The normalized spacial score (nSPS) is 19.1. The highest BCUT2D eigenvalue weighted by Gasteiger charge is 2.44. The van der Waals surface area contributed by atoms with Crippen LogP contribution in [0.25, 0.3) is 0 Å². The molecule has 2 atom stereocenters. The van der Waals surface area contributed by atoms with Crippen molar-refractivity contribution in [1.82, 2.24) is 0 Å². The van der Waals surface area contributed by atoms with Gasteiger partial charge in [0.05, 0.1) is 19.9 Å². The number of ether oxygens (including phenoxy) is 2. The van der Waals surface area contributed by atoms with Crippen LogP contribution in [0.1, 0.15) is 17.9 Å². The minimum Gasteiger partial charge on any atom is -0.497 e. The molecule has 1 N–H and O–H groups in total. The molecule has 0 aromatic heterocycles. The number of halogens is 1. The number of anilines is 1. The average Bonchev–Trinajstić information content (AvgIpc) is 3.36. The van der Waals surface area contributed by atoms with Crippen LogP contribution in [0.4, 0.5) is 5.69 Å². The van der Waals surface area contributed by atoms with Crippen LogP contribution in [0.5, 0.6) is 11.5 Å². The zero-order valence-corrected chi connectivity index (χ0v) is 13.8. The summed E-state index contributed by atoms with van der Waals surface area (Å²) in [7, 11) is 3.15. The molecule has 1 aliphatic carbocycles. The SMILES string of the molecule is COc1ccc(NC(=O)[C@H]2C[C@H]2c2ccccc2Cl)c(OC)c1. The molecule has 1 amide bonds. The van der Waals surface area contributed by atoms with Crippen molar-refractivity contribution in [3.63, 3.8) is 0 Å². The van der Waals surface area contributed by atoms with Gasteiger partial charge < -0.3 is 14.8 Å². The van der Waals surface area contributed by atoms with Crippen LogP contribution in [0.2, 0.25) is 5.02 Å². The second-order valence-electron chi connectivity index (χ2n) is 5.53. The standard InChI is InChI=1S/C18H18ClNO3/c1-22-11-7-8-16(17(9-11)23-2)20-18(21)14-10-13(14)12-5-3-4-6-15(12)19/h3-9,13-14H,10H2,1-2H3,(H,20,21)/t13-,14-/m0/s1. The maximum atomic E-state index is 12.5. The van der Waals surface area contributed by atoms with E-state index in [0.29, 0.717) is 17.2 Å². The second-order valence-corrected chi connectivity index (χ2v) is 5.93. The quantitative estimate of drug-likeness (QED) is 0.897. The van der Waals surface area contributed by atoms with Gasteiger partial charge in [0.2, 0.25) is 5.91 Å². The molecule has 0 spiro atoms. The molecule has 1 aliphatic rings. The molecule has 5 heteroatoms. The smallest absolute Gasteiger partial charge is 0.228 e. The van der Waals surface area contributed by atoms with Crippen LogP contribution in [0.3, 0.4) is 0 Å². The molecule has 0 saturated heterocycles. The summed E-state index contributed by atoms with van der Waals surface area (Å²) in [5.74, 6) is 1.38. The van der Waals surface area contributed by atoms with Crippen molar-refractivity contribution < 1.29 is 14.3 Å². The zero-order valence-electron chi connectivity index (χ0n) is 13.0. The number of hydrogen-bond donors (Lipinski definition) is 1. The van der Waals surface area contributed by atoms with Gasteiger partial charge in [0.15, 0.2) is 0 Å². The van der Waals surface area contributed by atoms with E-state index in [-0.39, 0.29) is 17.7 Å². The fraction of sp³-hybridized carbons (Fsp3) is 0.278. The first kappa shape index (κ1) is 15.7. The Balaban J connectivity index is 1.71. The number of amides is 1. The monoisotopic (exact) mass is 331 g/mol. The third-order valence-electron chi connectivity index (χ3n) is 4.10. The molecule has 23 heavy (non-hydrogen) atoms. The Morgan fingerprint density at radius 3 is 2.65 bits per heavy atom. The molecule has 1 saturated carbocycles. The van der Waals surface area contributed by atoms with Crippen molar-refractivity contribution >= 4 is 23.2 Å². The summed E-state index contributed by atoms with van der Waals surface area (Å²) in [6.45, 7) is 0. The maximum absolute atomic E-state index is 12.5. The molecule has 3 rings (SSSR count). The molecule has 0 aliphatic heterocycles. The van der Waals surface area contributed by atoms with E-state index in [2.05, 4.69) is 5.32 Å². The van der Waals surface area contributed by atoms with E-state index in [4.69, 9.17) is 21.1 Å². The van der Waals surface area contributed by atoms with Crippen LogP contribution in [0, 0.1) is 5.92 Å². The Morgan fingerprint density at radius 1 is 1.17 bits per heavy atom. The predicted molar refractivity (Wildman–Crippen MR) is 90.5 cm³/mol. The van der Waals surface area contributed by atoms with E-state index < -0.39 is 0 Å². The molecule has 0 unspecified atom stereocenters. The summed E-state index contributed by atoms with van der Waals surface area (Å²) < 4.78 is 10.5. The minimum atomic E-state index is -0.0540. The minimum absolute atomic E-state index is 0.0154. The molecule has 0 heterocycles. The first-order valence-electron chi connectivity index (χ1n) is 7.41. The Kier molecular flexibility index (Phi) is 4.44. The third kappa shape index (κ3) is 3.27. The van der Waals surface area contributed by atoms with Gasteiger partial charge in [-0.15, -0.1) is 0 Å². The van der Waals surface area contributed by atoms with Crippen molar-refractivity contribution in [2.45, 2.75) is 12.3 Å². The average molecular weight is 332 g/mol. The number of carbonyl (C=O) groups excluding carboxylic acids is 1. The molecule has 2 aromatic rings. The lowest BCUT2D eigenvalue weighted by Gasteiger charge is -2.11. The second kappa shape index (κ2) is 6.50. The molecular formula is C18H18ClNO3. The third-order valence-corrected chi connectivity index (χ3v) is 4.44. The highest BCUT2D eigenvalue weighted by Crippen LogP contribution is 2.50. The fourth-order valence-electron chi connectivity index (χ4n) is 2.73. The molecular weight excluding hydrogens is 314 g/mol. The summed E-state index contributed by atoms with van der Waals surface area (Å²) in [6, 6.07) is 13.0. The fourth-order valence-corrected chi connectivity index (χ4v) is 3.01. The number of rotatable bonds is 5. The highest BCUT2D eigenvalue weighted by atomic mass is 35.5. The van der Waals surface area contributed by atoms with Crippen molar-refractivity contribution in [3.8, 4) is 11.5 Å². The van der Waals surface area contributed by atoms with Crippen LogP contribution in [-0.4, -0.2) is 20.1 Å². The molecule has 2 aromatic carbocycles. The number of carbonyl (C=O) groups is 1. The van der Waals surface area contributed by atoms with Crippen molar-refractivity contribution in [2.24, 2.45) is 5.92 Å². The largest absolute Gasteiger partial charge is 0.497 e. The number of benzene rings is 2. The number of nitrogens with one attached hydrogen (secondary N) is 1. The highest BCUT2D eigenvalue weighted by molar-refractivity contribution is 6.31. The van der Waals surface area contributed by atoms with E-state index in [1.807, 2.05) is 24.3 Å². The summed E-state index contributed by atoms with van der Waals surface area (Å²) in [6.07, 6.45) is 0.814. The lowest BCUT2D eigenvalue weighted by molar-refractivity contribution is -0.117. The van der Waals surface area contributed by atoms with Gasteiger partial charge in [-0.25, -0.2) is 0 Å². The van der Waals surface area contributed by atoms with Crippen molar-refractivity contribution in [3.05, 3.63) is 53.1 Å². The van der Waals surface area contributed by atoms with Gasteiger partial charge >= 0.3 is 0 Å². The number of methoxy groups -OCH3 is 2. The molecule has 1 fully saturated rings. The topological polar surface area (TPSA) is 47.6 Å². The zero-order chi connectivity index (χ0) is 16.4. The van der Waals surface area contributed by atoms with Gasteiger partial charge in [-0.2, -0.15) is 0 Å². The van der Waals surface area contributed by atoms with Crippen LogP contribution < -0.4 is 14.8 Å². The van der Waals surface area contributed by atoms with E-state index in [1.54, 1.807) is 32.4 Å². The van der Waals surface area contributed by atoms with E-state index >= 15 is 0 Å². The van der Waals surface area contributed by atoms with Gasteiger partial charge in [-0.1, -0.05) is 29.8 Å².